The quantitative estimate of drug-likeness (QED) is 0.151. The molecule has 0 spiro atoms. The predicted molar refractivity (Wildman–Crippen MR) is 195 cm³/mol. The fourth-order valence-corrected chi connectivity index (χ4v) is 8.06. The van der Waals surface area contributed by atoms with Crippen molar-refractivity contribution in [3.8, 4) is 5.75 Å². The first-order chi connectivity index (χ1) is 23.5. The number of amides is 2. The molecule has 1 fully saturated rings. The molecule has 2 amide bonds. The molecular formula is C37H38Cl3N3O5S. The normalized spacial score (nSPS) is 13.9. The fraction of sp³-hybridized carbons (Fsp3) is 0.297. The van der Waals surface area contributed by atoms with Crippen LogP contribution in [0.2, 0.25) is 15.1 Å². The third-order valence-corrected chi connectivity index (χ3v) is 11.3. The van der Waals surface area contributed by atoms with Gasteiger partial charge in [-0.25, -0.2) is 8.42 Å². The van der Waals surface area contributed by atoms with E-state index >= 15 is 0 Å². The number of hydrogen-bond acceptors (Lipinski definition) is 5. The van der Waals surface area contributed by atoms with Gasteiger partial charge >= 0.3 is 0 Å². The van der Waals surface area contributed by atoms with Gasteiger partial charge in [-0.1, -0.05) is 102 Å². The predicted octanol–water partition coefficient (Wildman–Crippen LogP) is 7.86. The van der Waals surface area contributed by atoms with E-state index < -0.39 is 28.5 Å². The van der Waals surface area contributed by atoms with Crippen molar-refractivity contribution in [2.24, 2.45) is 0 Å². The van der Waals surface area contributed by atoms with Crippen LogP contribution in [0.15, 0.2) is 95.9 Å². The average Bonchev–Trinajstić information content (AvgIpc) is 3.59. The summed E-state index contributed by atoms with van der Waals surface area (Å²) in [6, 6.07) is 24.2. The van der Waals surface area contributed by atoms with Gasteiger partial charge in [0.25, 0.3) is 10.0 Å². The number of carbonyl (C=O) groups is 2. The van der Waals surface area contributed by atoms with Crippen LogP contribution < -0.4 is 14.4 Å². The number of benzene rings is 4. The number of rotatable bonds is 13. The van der Waals surface area contributed by atoms with Crippen LogP contribution >= 0.6 is 34.8 Å². The Bertz CT molecular complexity index is 1890. The van der Waals surface area contributed by atoms with Crippen LogP contribution in [0.4, 0.5) is 5.69 Å². The standard InChI is InChI=1S/C37H38Cl3N3O5S/c1-25-12-17-31(18-13-25)49(46,47)43(30-16-19-35(48-2)33(40)22-30)24-36(44)42(23-27-14-15-28(38)21-32(27)39)34(20-26-8-4-3-5-9-26)37(45)41-29-10-6-7-11-29/h3-5,8-9,12-19,21-22,29,34H,6-7,10-11,20,23-24H2,1-2H3,(H,41,45)/t34-/m0/s1. The third kappa shape index (κ3) is 9.08. The second kappa shape index (κ2) is 16.3. The van der Waals surface area contributed by atoms with E-state index in [-0.39, 0.29) is 40.5 Å². The zero-order valence-corrected chi connectivity index (χ0v) is 30.3. The van der Waals surface area contributed by atoms with E-state index in [1.165, 1.54) is 42.3 Å². The molecule has 8 nitrogen and oxygen atoms in total. The summed E-state index contributed by atoms with van der Waals surface area (Å²) < 4.78 is 34.9. The number of halogens is 3. The number of nitrogens with one attached hydrogen (secondary N) is 1. The van der Waals surface area contributed by atoms with E-state index in [0.29, 0.717) is 21.4 Å². The zero-order chi connectivity index (χ0) is 35.1. The topological polar surface area (TPSA) is 96.0 Å². The van der Waals surface area contributed by atoms with Gasteiger partial charge < -0.3 is 15.0 Å². The molecule has 4 aromatic carbocycles. The lowest BCUT2D eigenvalue weighted by molar-refractivity contribution is -0.140. The maximum absolute atomic E-state index is 14.7. The van der Waals surface area contributed by atoms with Gasteiger partial charge in [0.15, 0.2) is 0 Å². The molecule has 4 aromatic rings. The largest absolute Gasteiger partial charge is 0.495 e. The van der Waals surface area contributed by atoms with Gasteiger partial charge in [-0.2, -0.15) is 0 Å². The summed E-state index contributed by atoms with van der Waals surface area (Å²) in [7, 11) is -2.85. The highest BCUT2D eigenvalue weighted by Gasteiger charge is 2.36. The maximum Gasteiger partial charge on any atom is 0.264 e. The van der Waals surface area contributed by atoms with Crippen molar-refractivity contribution in [3.63, 3.8) is 0 Å². The molecule has 12 heteroatoms. The van der Waals surface area contributed by atoms with Gasteiger partial charge in [-0.05, 0) is 73.4 Å². The molecule has 5 rings (SSSR count). The number of nitrogens with zero attached hydrogens (tertiary/aromatic N) is 2. The first-order valence-electron chi connectivity index (χ1n) is 16.0. The molecule has 1 N–H and O–H groups in total. The second-order valence-corrected chi connectivity index (χ2v) is 15.2. The van der Waals surface area contributed by atoms with Crippen LogP contribution in [0.3, 0.4) is 0 Å². The first-order valence-corrected chi connectivity index (χ1v) is 18.5. The molecule has 1 atom stereocenters. The first kappa shape index (κ1) is 36.5. The van der Waals surface area contributed by atoms with Crippen molar-refractivity contribution in [2.45, 2.75) is 62.6 Å². The summed E-state index contributed by atoms with van der Waals surface area (Å²) in [5.41, 5.74) is 2.41. The van der Waals surface area contributed by atoms with Crippen LogP contribution in [0.25, 0.3) is 0 Å². The molecule has 1 aliphatic rings. The Hall–Kier alpha value is -3.76. The smallest absolute Gasteiger partial charge is 0.264 e. The van der Waals surface area contributed by atoms with Crippen LogP contribution in [-0.2, 0) is 32.6 Å². The number of methoxy groups -OCH3 is 1. The average molecular weight is 743 g/mol. The molecule has 1 saturated carbocycles. The summed E-state index contributed by atoms with van der Waals surface area (Å²) >= 11 is 19.3. The lowest BCUT2D eigenvalue weighted by Gasteiger charge is -2.34. The Kier molecular flexibility index (Phi) is 12.1. The molecule has 0 unspecified atom stereocenters. The Morgan fingerprint density at radius 2 is 1.59 bits per heavy atom. The maximum atomic E-state index is 14.7. The van der Waals surface area contributed by atoms with Crippen molar-refractivity contribution in [3.05, 3.63) is 123 Å². The van der Waals surface area contributed by atoms with E-state index in [0.717, 1.165) is 41.1 Å². The number of anilines is 1. The SMILES string of the molecule is COc1ccc(N(CC(=O)N(Cc2ccc(Cl)cc2Cl)[C@@H](Cc2ccccc2)C(=O)NC2CCCC2)S(=O)(=O)c2ccc(C)cc2)cc1Cl. The summed E-state index contributed by atoms with van der Waals surface area (Å²) in [6.45, 7) is 1.14. The number of sulfonamides is 1. The third-order valence-electron chi connectivity index (χ3n) is 8.64. The molecule has 0 saturated heterocycles. The highest BCUT2D eigenvalue weighted by molar-refractivity contribution is 7.92. The summed E-state index contributed by atoms with van der Waals surface area (Å²) in [6.07, 6.45) is 3.90. The molecule has 0 heterocycles. The van der Waals surface area contributed by atoms with E-state index in [2.05, 4.69) is 5.32 Å². The second-order valence-electron chi connectivity index (χ2n) is 12.1. The van der Waals surface area contributed by atoms with E-state index in [4.69, 9.17) is 39.5 Å². The van der Waals surface area contributed by atoms with Crippen LogP contribution in [-0.4, -0.2) is 50.9 Å². The van der Waals surface area contributed by atoms with Gasteiger partial charge in [-0.15, -0.1) is 0 Å². The molecule has 49 heavy (non-hydrogen) atoms. The number of hydrogen-bond donors (Lipinski definition) is 1. The van der Waals surface area contributed by atoms with Gasteiger partial charge in [0, 0.05) is 29.1 Å². The molecule has 0 bridgehead atoms. The van der Waals surface area contributed by atoms with Crippen molar-refractivity contribution >= 4 is 62.3 Å². The molecule has 0 aromatic heterocycles. The highest BCUT2D eigenvalue weighted by Crippen LogP contribution is 2.33. The minimum atomic E-state index is -4.30. The minimum absolute atomic E-state index is 0.00931. The van der Waals surface area contributed by atoms with Gasteiger partial charge in [-0.3, -0.25) is 13.9 Å². The summed E-state index contributed by atoms with van der Waals surface area (Å²) in [4.78, 5) is 30.3. The fourth-order valence-electron chi connectivity index (χ4n) is 5.93. The monoisotopic (exact) mass is 741 g/mol. The van der Waals surface area contributed by atoms with Crippen molar-refractivity contribution < 1.29 is 22.7 Å². The molecule has 258 valence electrons. The molecule has 0 radical (unpaired) electrons. The van der Waals surface area contributed by atoms with Crippen molar-refractivity contribution in [2.75, 3.05) is 18.0 Å². The number of aryl methyl sites for hydroxylation is 1. The van der Waals surface area contributed by atoms with Gasteiger partial charge in [0.05, 0.1) is 22.7 Å². The van der Waals surface area contributed by atoms with Crippen molar-refractivity contribution in [1.29, 1.82) is 0 Å². The van der Waals surface area contributed by atoms with Gasteiger partial charge in [0.2, 0.25) is 11.8 Å². The highest BCUT2D eigenvalue weighted by atomic mass is 35.5. The van der Waals surface area contributed by atoms with Crippen LogP contribution in [0.5, 0.6) is 5.75 Å². The number of carbonyl (C=O) groups excluding carboxylic acids is 2. The Labute approximate surface area is 303 Å². The Balaban J connectivity index is 1.60. The molecule has 1 aliphatic carbocycles. The lowest BCUT2D eigenvalue weighted by Crippen LogP contribution is -2.54. The molecule has 0 aliphatic heterocycles. The minimum Gasteiger partial charge on any atom is -0.495 e. The zero-order valence-electron chi connectivity index (χ0n) is 27.2. The summed E-state index contributed by atoms with van der Waals surface area (Å²) in [5.74, 6) is -0.597. The molecular weight excluding hydrogens is 705 g/mol. The van der Waals surface area contributed by atoms with Crippen LogP contribution in [0, 0.1) is 6.92 Å². The van der Waals surface area contributed by atoms with Crippen molar-refractivity contribution in [1.82, 2.24) is 10.2 Å². The Morgan fingerprint density at radius 3 is 2.22 bits per heavy atom. The lowest BCUT2D eigenvalue weighted by atomic mass is 10.0. The van der Waals surface area contributed by atoms with Crippen LogP contribution in [0.1, 0.15) is 42.4 Å². The number of ether oxygens (including phenoxy) is 1. The van der Waals surface area contributed by atoms with Gasteiger partial charge in [0.1, 0.15) is 18.3 Å². The van der Waals surface area contributed by atoms with E-state index in [1.54, 1.807) is 30.3 Å². The summed E-state index contributed by atoms with van der Waals surface area (Å²) in [5, 5.41) is 4.05. The Morgan fingerprint density at radius 1 is 0.898 bits per heavy atom. The van der Waals surface area contributed by atoms with E-state index in [9.17, 15) is 18.0 Å². The van der Waals surface area contributed by atoms with E-state index in [1.807, 2.05) is 37.3 Å².